The van der Waals surface area contributed by atoms with Crippen LogP contribution in [0.1, 0.15) is 10.4 Å². The summed E-state index contributed by atoms with van der Waals surface area (Å²) in [6, 6.07) is 3.93. The minimum atomic E-state index is -1.55. The number of carbonyl (C=O) groups is 2. The summed E-state index contributed by atoms with van der Waals surface area (Å²) in [6.07, 6.45) is 0. The van der Waals surface area contributed by atoms with E-state index < -0.39 is 22.3 Å². The number of carbonyl (C=O) groups excluding carboxylic acids is 2. The second-order valence-corrected chi connectivity index (χ2v) is 6.64. The zero-order chi connectivity index (χ0) is 19.0. The van der Waals surface area contributed by atoms with E-state index in [1.54, 1.807) is 0 Å². The number of ether oxygens (including phenoxy) is 2. The monoisotopic (exact) mass is 376 g/mol. The number of Topliss-reactive ketones (excluding diaryl/α,β-unsaturated/α-hetero) is 1. The Kier molecular flexibility index (Phi) is 4.64. The van der Waals surface area contributed by atoms with Crippen LogP contribution < -0.4 is 5.32 Å². The van der Waals surface area contributed by atoms with Crippen LogP contribution in [0.4, 0.5) is 11.4 Å². The highest BCUT2D eigenvalue weighted by atomic mass is 16.6. The number of anilines is 1. The van der Waals surface area contributed by atoms with E-state index in [4.69, 9.17) is 9.47 Å². The quantitative estimate of drug-likeness (QED) is 0.448. The maximum absolute atomic E-state index is 13.7. The maximum atomic E-state index is 13.7. The maximum Gasteiger partial charge on any atom is 0.270 e. The van der Waals surface area contributed by atoms with Gasteiger partial charge in [-0.05, 0) is 6.07 Å². The summed E-state index contributed by atoms with van der Waals surface area (Å²) in [7, 11) is 0. The first-order chi connectivity index (χ1) is 13.0. The molecule has 3 heterocycles. The number of nitro benzene ring substituents is 1. The van der Waals surface area contributed by atoms with Gasteiger partial charge in [-0.2, -0.15) is 0 Å². The van der Waals surface area contributed by atoms with E-state index in [0.29, 0.717) is 58.3 Å². The van der Waals surface area contributed by atoms with E-state index in [1.807, 2.05) is 9.80 Å². The molecule has 0 saturated carbocycles. The van der Waals surface area contributed by atoms with E-state index in [1.165, 1.54) is 18.2 Å². The van der Waals surface area contributed by atoms with Gasteiger partial charge in [0.05, 0.1) is 42.6 Å². The summed E-state index contributed by atoms with van der Waals surface area (Å²) in [5.41, 5.74) is -1.28. The van der Waals surface area contributed by atoms with Crippen LogP contribution in [0.15, 0.2) is 18.2 Å². The Hall–Kier alpha value is -2.40. The molecule has 2 fully saturated rings. The minimum absolute atomic E-state index is 0.154. The van der Waals surface area contributed by atoms with Gasteiger partial charge in [-0.25, -0.2) is 0 Å². The third kappa shape index (κ3) is 2.81. The first-order valence-electron chi connectivity index (χ1n) is 8.85. The topological polar surface area (TPSA) is 114 Å². The molecule has 4 rings (SSSR count). The predicted octanol–water partition coefficient (Wildman–Crippen LogP) is 0.0903. The van der Waals surface area contributed by atoms with Gasteiger partial charge in [-0.1, -0.05) is 0 Å². The molecular formula is C17H20N4O6. The molecule has 1 aromatic carbocycles. The Bertz CT molecular complexity index is 768. The number of fused-ring (bicyclic) bond motifs is 1. The second-order valence-electron chi connectivity index (χ2n) is 6.64. The molecule has 10 nitrogen and oxygen atoms in total. The lowest BCUT2D eigenvalue weighted by molar-refractivity contribution is -0.384. The number of morpholine rings is 2. The van der Waals surface area contributed by atoms with Crippen molar-refractivity contribution in [2.45, 2.75) is 5.66 Å². The molecule has 27 heavy (non-hydrogen) atoms. The number of hydrogen-bond acceptors (Lipinski definition) is 8. The van der Waals surface area contributed by atoms with Crippen molar-refractivity contribution in [3.63, 3.8) is 0 Å². The number of benzene rings is 1. The zero-order valence-corrected chi connectivity index (χ0v) is 14.7. The van der Waals surface area contributed by atoms with Crippen LogP contribution in [0.3, 0.4) is 0 Å². The Labute approximate surface area is 155 Å². The van der Waals surface area contributed by atoms with Crippen molar-refractivity contribution >= 4 is 23.1 Å². The first-order valence-corrected chi connectivity index (χ1v) is 8.85. The van der Waals surface area contributed by atoms with Gasteiger partial charge in [0.15, 0.2) is 0 Å². The molecule has 2 saturated heterocycles. The van der Waals surface area contributed by atoms with Crippen LogP contribution in [0.25, 0.3) is 0 Å². The van der Waals surface area contributed by atoms with Crippen molar-refractivity contribution in [2.75, 3.05) is 57.9 Å². The number of amides is 1. The molecule has 144 valence electrons. The largest absolute Gasteiger partial charge is 0.379 e. The molecule has 1 amide bonds. The van der Waals surface area contributed by atoms with Crippen LogP contribution in [-0.4, -0.2) is 84.7 Å². The van der Waals surface area contributed by atoms with Gasteiger partial charge in [-0.3, -0.25) is 29.5 Å². The summed E-state index contributed by atoms with van der Waals surface area (Å²) in [5.74, 6) is -0.869. The smallest absolute Gasteiger partial charge is 0.270 e. The number of non-ortho nitro benzene ring substituents is 1. The molecule has 3 aliphatic heterocycles. The first kappa shape index (κ1) is 18.0. The van der Waals surface area contributed by atoms with Crippen molar-refractivity contribution in [3.8, 4) is 0 Å². The van der Waals surface area contributed by atoms with E-state index in [0.717, 1.165) is 0 Å². The average Bonchev–Trinajstić information content (AvgIpc) is 2.70. The Morgan fingerprint density at radius 3 is 2.07 bits per heavy atom. The van der Waals surface area contributed by atoms with Crippen LogP contribution in [0.2, 0.25) is 0 Å². The number of rotatable bonds is 3. The molecule has 0 radical (unpaired) electrons. The van der Waals surface area contributed by atoms with Gasteiger partial charge >= 0.3 is 0 Å². The predicted molar refractivity (Wildman–Crippen MR) is 93.6 cm³/mol. The molecule has 3 aliphatic rings. The van der Waals surface area contributed by atoms with Gasteiger partial charge in [0.2, 0.25) is 11.4 Å². The number of hydrogen-bond donors (Lipinski definition) is 1. The van der Waals surface area contributed by atoms with Gasteiger partial charge in [0.1, 0.15) is 0 Å². The summed E-state index contributed by atoms with van der Waals surface area (Å²) < 4.78 is 10.8. The van der Waals surface area contributed by atoms with Crippen LogP contribution in [-0.2, 0) is 14.3 Å². The third-order valence-corrected chi connectivity index (χ3v) is 5.28. The second kappa shape index (κ2) is 6.97. The fraction of sp³-hybridized carbons (Fsp3) is 0.529. The van der Waals surface area contributed by atoms with Gasteiger partial charge in [0, 0.05) is 38.3 Å². The number of nitro groups is 1. The highest BCUT2D eigenvalue weighted by Crippen LogP contribution is 2.37. The van der Waals surface area contributed by atoms with Gasteiger partial charge in [0.25, 0.3) is 11.6 Å². The molecule has 1 N–H and O–H groups in total. The Balaban J connectivity index is 1.84. The van der Waals surface area contributed by atoms with Crippen LogP contribution >= 0.6 is 0 Å². The fourth-order valence-electron chi connectivity index (χ4n) is 3.99. The Morgan fingerprint density at radius 1 is 1.00 bits per heavy atom. The van der Waals surface area contributed by atoms with E-state index in [-0.39, 0.29) is 11.3 Å². The van der Waals surface area contributed by atoms with E-state index >= 15 is 0 Å². The van der Waals surface area contributed by atoms with Crippen molar-refractivity contribution < 1.29 is 24.0 Å². The average molecular weight is 376 g/mol. The molecule has 0 aromatic heterocycles. The molecule has 0 bridgehead atoms. The molecule has 10 heteroatoms. The molecular weight excluding hydrogens is 356 g/mol. The van der Waals surface area contributed by atoms with Gasteiger partial charge < -0.3 is 14.8 Å². The lowest BCUT2D eigenvalue weighted by Gasteiger charge is -2.51. The van der Waals surface area contributed by atoms with Crippen molar-refractivity contribution in [1.82, 2.24) is 9.80 Å². The van der Waals surface area contributed by atoms with Crippen molar-refractivity contribution in [1.29, 1.82) is 0 Å². The summed E-state index contributed by atoms with van der Waals surface area (Å²) in [5, 5.41) is 14.0. The number of nitrogens with zero attached hydrogens (tertiary/aromatic N) is 3. The SMILES string of the molecule is O=C1Nc2ccc([N+](=O)[O-])cc2C(=O)C1(N1CCOCC1)N1CCOCC1. The fourth-order valence-corrected chi connectivity index (χ4v) is 3.99. The van der Waals surface area contributed by atoms with E-state index in [9.17, 15) is 19.7 Å². The van der Waals surface area contributed by atoms with Gasteiger partial charge in [-0.15, -0.1) is 0 Å². The lowest BCUT2D eigenvalue weighted by atomic mass is 9.87. The normalized spacial score (nSPS) is 23.6. The highest BCUT2D eigenvalue weighted by molar-refractivity contribution is 6.27. The molecule has 0 spiro atoms. The summed E-state index contributed by atoms with van der Waals surface area (Å²) >= 11 is 0. The number of ketones is 1. The lowest BCUT2D eigenvalue weighted by Crippen LogP contribution is -2.75. The summed E-state index contributed by atoms with van der Waals surface area (Å²) in [6.45, 7) is 3.31. The highest BCUT2D eigenvalue weighted by Gasteiger charge is 2.58. The van der Waals surface area contributed by atoms with E-state index in [2.05, 4.69) is 5.32 Å². The minimum Gasteiger partial charge on any atom is -0.379 e. The summed E-state index contributed by atoms with van der Waals surface area (Å²) in [4.78, 5) is 41.2. The third-order valence-electron chi connectivity index (χ3n) is 5.28. The number of nitrogens with one attached hydrogen (secondary N) is 1. The standard InChI is InChI=1S/C17H20N4O6/c22-15-13-11-12(21(24)25)1-2-14(13)18-16(23)17(15,19-3-7-26-8-4-19)20-5-9-27-10-6-20/h1-2,11H,3-10H2,(H,18,23). The zero-order valence-electron chi connectivity index (χ0n) is 14.7. The Morgan fingerprint density at radius 2 is 1.56 bits per heavy atom. The van der Waals surface area contributed by atoms with Crippen molar-refractivity contribution in [3.05, 3.63) is 33.9 Å². The van der Waals surface area contributed by atoms with Crippen LogP contribution in [0.5, 0.6) is 0 Å². The van der Waals surface area contributed by atoms with Crippen LogP contribution in [0, 0.1) is 10.1 Å². The molecule has 0 aliphatic carbocycles. The molecule has 0 unspecified atom stereocenters. The molecule has 0 atom stereocenters. The molecule has 1 aromatic rings. The van der Waals surface area contributed by atoms with Crippen molar-refractivity contribution in [2.24, 2.45) is 0 Å².